The van der Waals surface area contributed by atoms with Gasteiger partial charge in [-0.1, -0.05) is 63.3 Å². The number of thiazole rings is 1. The van der Waals surface area contributed by atoms with Crippen molar-refractivity contribution in [3.05, 3.63) is 94.0 Å². The summed E-state index contributed by atoms with van der Waals surface area (Å²) in [6.45, 7) is 5.16. The van der Waals surface area contributed by atoms with Gasteiger partial charge >= 0.3 is 0 Å². The summed E-state index contributed by atoms with van der Waals surface area (Å²) in [5.41, 5.74) is 7.99. The molecule has 0 amide bonds. The number of nitrogens with one attached hydrogen (secondary N) is 3. The Morgan fingerprint density at radius 3 is 2.36 bits per heavy atom. The Kier molecular flexibility index (Phi) is 11.1. The summed E-state index contributed by atoms with van der Waals surface area (Å²) < 4.78 is 30.0. The van der Waals surface area contributed by atoms with Crippen molar-refractivity contribution in [3.63, 3.8) is 0 Å². The van der Waals surface area contributed by atoms with Crippen molar-refractivity contribution in [2.45, 2.75) is 82.1 Å². The van der Waals surface area contributed by atoms with Crippen LogP contribution in [0.3, 0.4) is 0 Å². The second kappa shape index (κ2) is 15.6. The topological polar surface area (TPSA) is 107 Å². The molecule has 0 radical (unpaired) electrons. The Balaban J connectivity index is 1.13. The monoisotopic (exact) mass is 673 g/mol. The molecule has 3 aromatic carbocycles. The second-order valence-electron chi connectivity index (χ2n) is 12.6. The molecule has 6 rings (SSSR count). The number of unbranched alkanes of at least 4 members (excludes halogenated alkanes) is 5. The average Bonchev–Trinajstić information content (AvgIpc) is 3.86. The van der Waals surface area contributed by atoms with Gasteiger partial charge in [0.1, 0.15) is 0 Å². The number of aliphatic hydroxyl groups excluding tert-OH is 1. The molecule has 8 nitrogen and oxygen atoms in total. The van der Waals surface area contributed by atoms with E-state index < -0.39 is 16.1 Å². The van der Waals surface area contributed by atoms with Gasteiger partial charge in [0.2, 0.25) is 5.13 Å². The van der Waals surface area contributed by atoms with E-state index in [1.54, 1.807) is 12.1 Å². The third-order valence-electron chi connectivity index (χ3n) is 9.15. The highest BCUT2D eigenvalue weighted by molar-refractivity contribution is 7.93. The molecule has 0 fully saturated rings. The lowest BCUT2D eigenvalue weighted by Gasteiger charge is -2.22. The molecule has 4 N–H and O–H groups in total. The lowest BCUT2D eigenvalue weighted by atomic mass is 10.0. The van der Waals surface area contributed by atoms with Gasteiger partial charge in [-0.3, -0.25) is 0 Å². The van der Waals surface area contributed by atoms with Crippen LogP contribution >= 0.6 is 11.3 Å². The van der Waals surface area contributed by atoms with Gasteiger partial charge in [-0.05, 0) is 97.3 Å². The van der Waals surface area contributed by atoms with E-state index in [4.69, 9.17) is 4.98 Å². The van der Waals surface area contributed by atoms with E-state index in [2.05, 4.69) is 35.0 Å². The lowest BCUT2D eigenvalue weighted by Crippen LogP contribution is -2.26. The third kappa shape index (κ3) is 8.17. The third-order valence-corrected chi connectivity index (χ3v) is 11.9. The molecule has 0 bridgehead atoms. The highest BCUT2D eigenvalue weighted by atomic mass is 32.2. The van der Waals surface area contributed by atoms with Crippen molar-refractivity contribution in [1.82, 2.24) is 10.3 Å². The molecule has 1 unspecified atom stereocenters. The predicted octanol–water partition coefficient (Wildman–Crippen LogP) is 7.37. The smallest absolute Gasteiger partial charge is 0.270 e. The molecule has 0 spiro atoms. The van der Waals surface area contributed by atoms with Crippen LogP contribution in [0.5, 0.6) is 0 Å². The van der Waals surface area contributed by atoms with Crippen LogP contribution in [0.2, 0.25) is 0 Å². The SMILES string of the molecule is CCCCCCCCc1csc(N(c2ccc(CCNCC(O)c3ccc4c(c3)CCN4)cc2)S(=O)(=O)c2ccc3c(c2)CCN3)n1. The van der Waals surface area contributed by atoms with E-state index in [1.165, 1.54) is 53.3 Å². The number of aryl methyl sites for hydroxylation is 1. The maximum absolute atomic E-state index is 14.3. The van der Waals surface area contributed by atoms with Gasteiger partial charge in [-0.2, -0.15) is 0 Å². The zero-order valence-electron chi connectivity index (χ0n) is 27.3. The number of fused-ring (bicyclic) bond motifs is 2. The van der Waals surface area contributed by atoms with Crippen molar-refractivity contribution in [2.75, 3.05) is 41.1 Å². The summed E-state index contributed by atoms with van der Waals surface area (Å²) >= 11 is 1.39. The molecule has 0 aliphatic carbocycles. The number of nitrogens with zero attached hydrogens (tertiary/aromatic N) is 2. The van der Waals surface area contributed by atoms with Crippen LogP contribution in [0.15, 0.2) is 70.9 Å². The first-order valence-electron chi connectivity index (χ1n) is 17.1. The molecule has 0 saturated heterocycles. The summed E-state index contributed by atoms with van der Waals surface area (Å²) in [6, 6.07) is 19.2. The Bertz CT molecular complexity index is 1740. The van der Waals surface area contributed by atoms with Crippen LogP contribution in [-0.4, -0.2) is 44.7 Å². The van der Waals surface area contributed by atoms with E-state index in [1.807, 2.05) is 41.8 Å². The first-order valence-corrected chi connectivity index (χ1v) is 19.5. The number of benzene rings is 3. The largest absolute Gasteiger partial charge is 0.387 e. The highest BCUT2D eigenvalue weighted by Gasteiger charge is 2.30. The number of hydrogen-bond acceptors (Lipinski definition) is 8. The predicted molar refractivity (Wildman–Crippen MR) is 194 cm³/mol. The summed E-state index contributed by atoms with van der Waals surface area (Å²) in [4.78, 5) is 5.12. The van der Waals surface area contributed by atoms with E-state index in [-0.39, 0.29) is 4.90 Å². The normalized spacial score (nSPS) is 14.3. The molecule has 1 atom stereocenters. The standard InChI is InChI=1S/C37H47N5O3S2/c1-2-3-4-5-6-7-8-31-26-46-37(41-31)42(47(44,45)33-14-16-35-29(24-33)19-22-40-35)32-12-9-27(10-13-32)17-20-38-25-36(43)30-11-15-34-28(23-30)18-21-39-34/h9-16,23-24,26,36,38-40,43H,2-8,17-22,25H2,1H3. The van der Waals surface area contributed by atoms with E-state index >= 15 is 0 Å². The minimum absolute atomic E-state index is 0.277. The van der Waals surface area contributed by atoms with Gasteiger partial charge < -0.3 is 21.1 Å². The van der Waals surface area contributed by atoms with Gasteiger partial charge in [-0.15, -0.1) is 11.3 Å². The second-order valence-corrected chi connectivity index (χ2v) is 15.3. The summed E-state index contributed by atoms with van der Waals surface area (Å²) in [7, 11) is -3.92. The van der Waals surface area contributed by atoms with E-state index in [9.17, 15) is 13.5 Å². The number of aliphatic hydroxyl groups is 1. The van der Waals surface area contributed by atoms with Crippen molar-refractivity contribution in [2.24, 2.45) is 0 Å². The van der Waals surface area contributed by atoms with Crippen molar-refractivity contribution < 1.29 is 13.5 Å². The molecule has 250 valence electrons. The first kappa shape index (κ1) is 33.5. The Morgan fingerprint density at radius 1 is 0.894 bits per heavy atom. The summed E-state index contributed by atoms with van der Waals surface area (Å²) in [5, 5.41) is 23.2. The molecule has 2 aliphatic heterocycles. The lowest BCUT2D eigenvalue weighted by molar-refractivity contribution is 0.175. The average molecular weight is 674 g/mol. The van der Waals surface area contributed by atoms with Crippen molar-refractivity contribution >= 4 is 43.6 Å². The van der Waals surface area contributed by atoms with Crippen LogP contribution in [0.1, 0.15) is 79.5 Å². The van der Waals surface area contributed by atoms with Gasteiger partial charge in [0.05, 0.1) is 22.4 Å². The van der Waals surface area contributed by atoms with Crippen molar-refractivity contribution in [1.29, 1.82) is 0 Å². The number of rotatable bonds is 17. The molecule has 4 aromatic rings. The molecular formula is C37H47N5O3S2. The van der Waals surface area contributed by atoms with Gasteiger partial charge in [0, 0.05) is 36.4 Å². The van der Waals surface area contributed by atoms with Crippen LogP contribution in [-0.2, 0) is 35.7 Å². The van der Waals surface area contributed by atoms with Gasteiger partial charge in [-0.25, -0.2) is 17.7 Å². The van der Waals surface area contributed by atoms with Crippen molar-refractivity contribution in [3.8, 4) is 0 Å². The minimum Gasteiger partial charge on any atom is -0.387 e. The highest BCUT2D eigenvalue weighted by Crippen LogP contribution is 2.37. The number of hydrogen-bond donors (Lipinski definition) is 4. The molecule has 0 saturated carbocycles. The number of anilines is 4. The Hall–Kier alpha value is -3.44. The van der Waals surface area contributed by atoms with E-state index in [0.717, 1.165) is 79.0 Å². The Morgan fingerprint density at radius 2 is 1.60 bits per heavy atom. The van der Waals surface area contributed by atoms with Crippen LogP contribution in [0.4, 0.5) is 22.2 Å². The molecule has 2 aliphatic rings. The molecular weight excluding hydrogens is 627 g/mol. The maximum Gasteiger partial charge on any atom is 0.270 e. The number of aromatic nitrogens is 1. The fourth-order valence-corrected chi connectivity index (χ4v) is 9.00. The molecule has 1 aromatic heterocycles. The fraction of sp³-hybridized carbons (Fsp3) is 0.432. The van der Waals surface area contributed by atoms with Crippen LogP contribution < -0.4 is 20.3 Å². The zero-order chi connectivity index (χ0) is 32.6. The Labute approximate surface area is 283 Å². The summed E-state index contributed by atoms with van der Waals surface area (Å²) in [5.74, 6) is 0. The number of sulfonamides is 1. The molecule has 47 heavy (non-hydrogen) atoms. The fourth-order valence-electron chi connectivity index (χ4n) is 6.41. The van der Waals surface area contributed by atoms with Gasteiger partial charge in [0.15, 0.2) is 0 Å². The summed E-state index contributed by atoms with van der Waals surface area (Å²) in [6.07, 6.45) is 10.1. The van der Waals surface area contributed by atoms with Gasteiger partial charge in [0.25, 0.3) is 10.0 Å². The maximum atomic E-state index is 14.3. The van der Waals surface area contributed by atoms with Crippen LogP contribution in [0, 0.1) is 0 Å². The minimum atomic E-state index is -3.92. The zero-order valence-corrected chi connectivity index (χ0v) is 28.9. The van der Waals surface area contributed by atoms with Crippen LogP contribution in [0.25, 0.3) is 0 Å². The molecule has 10 heteroatoms. The van der Waals surface area contributed by atoms with E-state index in [0.29, 0.717) is 23.9 Å². The first-order chi connectivity index (χ1) is 22.9. The molecule has 3 heterocycles. The quantitative estimate of drug-likeness (QED) is 0.0868.